The number of ether oxygens (including phenoxy) is 2. The Balaban J connectivity index is 1.83. The van der Waals surface area contributed by atoms with Crippen LogP contribution in [0.1, 0.15) is 29.0 Å². The fraction of sp³-hybridized carbons (Fsp3) is 0.238. The maximum atomic E-state index is 12.5. The molecule has 0 spiro atoms. The Labute approximate surface area is 157 Å². The maximum absolute atomic E-state index is 12.5. The Kier molecular flexibility index (Phi) is 4.32. The number of nitrogens with zero attached hydrogens (tertiary/aromatic N) is 2. The Morgan fingerprint density at radius 1 is 1.07 bits per heavy atom. The standard InChI is InChI=1S/C21H21N3O3/c1-13-4-6-14(7-5-13)24-21-18(12-22-24)16(11-20(25)23-21)17-10-15(26-2)8-9-19(17)27-3/h4-10,12,16H,11H2,1-3H3,(H,23,25)/t16-/m0/s1. The van der Waals surface area contributed by atoms with Crippen molar-refractivity contribution >= 4 is 11.7 Å². The zero-order chi connectivity index (χ0) is 19.0. The lowest BCUT2D eigenvalue weighted by molar-refractivity contribution is -0.116. The largest absolute Gasteiger partial charge is 0.497 e. The zero-order valence-electron chi connectivity index (χ0n) is 15.5. The van der Waals surface area contributed by atoms with Gasteiger partial charge in [-0.25, -0.2) is 4.68 Å². The topological polar surface area (TPSA) is 65.4 Å². The summed E-state index contributed by atoms with van der Waals surface area (Å²) in [5.74, 6) is 1.95. The predicted octanol–water partition coefficient (Wildman–Crippen LogP) is 3.67. The van der Waals surface area contributed by atoms with Crippen molar-refractivity contribution in [3.05, 3.63) is 65.4 Å². The number of anilines is 1. The first-order valence-electron chi connectivity index (χ1n) is 8.77. The Morgan fingerprint density at radius 2 is 1.85 bits per heavy atom. The molecule has 0 bridgehead atoms. The average molecular weight is 363 g/mol. The number of methoxy groups -OCH3 is 2. The van der Waals surface area contributed by atoms with Crippen molar-refractivity contribution in [1.82, 2.24) is 9.78 Å². The van der Waals surface area contributed by atoms with E-state index < -0.39 is 0 Å². The molecule has 2 aromatic carbocycles. The van der Waals surface area contributed by atoms with Gasteiger partial charge in [-0.15, -0.1) is 0 Å². The van der Waals surface area contributed by atoms with Crippen LogP contribution in [0.4, 0.5) is 5.82 Å². The molecule has 1 atom stereocenters. The molecule has 2 heterocycles. The molecule has 0 radical (unpaired) electrons. The summed E-state index contributed by atoms with van der Waals surface area (Å²) in [7, 11) is 3.25. The van der Waals surface area contributed by atoms with Crippen LogP contribution in [0.2, 0.25) is 0 Å². The molecule has 138 valence electrons. The van der Waals surface area contributed by atoms with E-state index in [1.54, 1.807) is 18.9 Å². The summed E-state index contributed by atoms with van der Waals surface area (Å²) in [5.41, 5.74) is 3.95. The molecule has 6 heteroatoms. The Hall–Kier alpha value is -3.28. The summed E-state index contributed by atoms with van der Waals surface area (Å²) in [6.45, 7) is 2.04. The van der Waals surface area contributed by atoms with Gasteiger partial charge in [-0.1, -0.05) is 17.7 Å². The molecule has 1 amide bonds. The van der Waals surface area contributed by atoms with E-state index in [1.165, 1.54) is 5.56 Å². The van der Waals surface area contributed by atoms with Gasteiger partial charge in [-0.3, -0.25) is 4.79 Å². The van der Waals surface area contributed by atoms with Gasteiger partial charge in [0.1, 0.15) is 17.3 Å². The third-order valence-electron chi connectivity index (χ3n) is 4.91. The summed E-state index contributed by atoms with van der Waals surface area (Å²) in [6, 6.07) is 13.7. The number of aromatic nitrogens is 2. The highest BCUT2D eigenvalue weighted by atomic mass is 16.5. The molecule has 0 saturated heterocycles. The van der Waals surface area contributed by atoms with Gasteiger partial charge < -0.3 is 14.8 Å². The van der Waals surface area contributed by atoms with Crippen LogP contribution >= 0.6 is 0 Å². The van der Waals surface area contributed by atoms with Crippen molar-refractivity contribution < 1.29 is 14.3 Å². The van der Waals surface area contributed by atoms with Gasteiger partial charge in [-0.05, 0) is 37.3 Å². The van der Waals surface area contributed by atoms with E-state index in [9.17, 15) is 4.79 Å². The second kappa shape index (κ2) is 6.79. The second-order valence-electron chi connectivity index (χ2n) is 6.61. The molecule has 1 aliphatic rings. The van der Waals surface area contributed by atoms with Crippen molar-refractivity contribution in [2.75, 3.05) is 19.5 Å². The van der Waals surface area contributed by atoms with Gasteiger partial charge in [0.25, 0.3) is 0 Å². The molecule has 0 unspecified atom stereocenters. The molecule has 6 nitrogen and oxygen atoms in total. The average Bonchev–Trinajstić information content (AvgIpc) is 3.11. The third kappa shape index (κ3) is 3.03. The zero-order valence-corrected chi connectivity index (χ0v) is 15.5. The minimum Gasteiger partial charge on any atom is -0.497 e. The van der Waals surface area contributed by atoms with E-state index in [1.807, 2.05) is 55.6 Å². The molecule has 1 aromatic heterocycles. The van der Waals surface area contributed by atoms with E-state index in [0.717, 1.165) is 28.3 Å². The van der Waals surface area contributed by atoms with Crippen LogP contribution in [0.3, 0.4) is 0 Å². The summed E-state index contributed by atoms with van der Waals surface area (Å²) in [5, 5.41) is 7.51. The van der Waals surface area contributed by atoms with E-state index in [2.05, 4.69) is 10.4 Å². The molecule has 0 fully saturated rings. The molecular formula is C21H21N3O3. The van der Waals surface area contributed by atoms with Crippen LogP contribution in [-0.2, 0) is 4.79 Å². The van der Waals surface area contributed by atoms with Gasteiger partial charge in [0.2, 0.25) is 5.91 Å². The number of amides is 1. The van der Waals surface area contributed by atoms with Crippen molar-refractivity contribution in [3.8, 4) is 17.2 Å². The van der Waals surface area contributed by atoms with E-state index in [-0.39, 0.29) is 11.8 Å². The van der Waals surface area contributed by atoms with E-state index in [4.69, 9.17) is 9.47 Å². The van der Waals surface area contributed by atoms with Crippen molar-refractivity contribution in [1.29, 1.82) is 0 Å². The number of benzene rings is 2. The lowest BCUT2D eigenvalue weighted by Crippen LogP contribution is -2.24. The number of hydrogen-bond acceptors (Lipinski definition) is 4. The van der Waals surface area contributed by atoms with Crippen LogP contribution < -0.4 is 14.8 Å². The highest BCUT2D eigenvalue weighted by Crippen LogP contribution is 2.42. The van der Waals surface area contributed by atoms with E-state index in [0.29, 0.717) is 12.2 Å². The molecule has 1 N–H and O–H groups in total. The molecule has 27 heavy (non-hydrogen) atoms. The van der Waals surface area contributed by atoms with Crippen LogP contribution in [0.15, 0.2) is 48.7 Å². The van der Waals surface area contributed by atoms with Gasteiger partial charge in [-0.2, -0.15) is 5.10 Å². The minimum atomic E-state index is -0.155. The number of fused-ring (bicyclic) bond motifs is 1. The van der Waals surface area contributed by atoms with Crippen molar-refractivity contribution in [2.45, 2.75) is 19.3 Å². The molecule has 0 saturated carbocycles. The summed E-state index contributed by atoms with van der Waals surface area (Å²) in [6.07, 6.45) is 2.15. The van der Waals surface area contributed by atoms with Gasteiger partial charge in [0.05, 0.1) is 26.1 Å². The number of aryl methyl sites for hydroxylation is 1. The summed E-state index contributed by atoms with van der Waals surface area (Å²) >= 11 is 0. The fourth-order valence-electron chi connectivity index (χ4n) is 3.49. The van der Waals surface area contributed by atoms with Crippen molar-refractivity contribution in [3.63, 3.8) is 0 Å². The van der Waals surface area contributed by atoms with Crippen LogP contribution in [-0.4, -0.2) is 29.9 Å². The number of hydrogen-bond donors (Lipinski definition) is 1. The highest BCUT2D eigenvalue weighted by molar-refractivity contribution is 5.94. The number of carbonyl (C=O) groups excluding carboxylic acids is 1. The Morgan fingerprint density at radius 3 is 2.56 bits per heavy atom. The SMILES string of the molecule is COc1ccc(OC)c([C@@H]2CC(=O)Nc3c2cnn3-c2ccc(C)cc2)c1. The monoisotopic (exact) mass is 363 g/mol. The van der Waals surface area contributed by atoms with Crippen LogP contribution in [0.5, 0.6) is 11.5 Å². The quantitative estimate of drug-likeness (QED) is 0.768. The molecule has 0 aliphatic carbocycles. The molecule has 3 aromatic rings. The lowest BCUT2D eigenvalue weighted by Gasteiger charge is -2.25. The first-order valence-corrected chi connectivity index (χ1v) is 8.77. The third-order valence-corrected chi connectivity index (χ3v) is 4.91. The van der Waals surface area contributed by atoms with Gasteiger partial charge in [0, 0.05) is 23.5 Å². The van der Waals surface area contributed by atoms with Gasteiger partial charge in [0.15, 0.2) is 0 Å². The van der Waals surface area contributed by atoms with Gasteiger partial charge >= 0.3 is 0 Å². The smallest absolute Gasteiger partial charge is 0.226 e. The molecular weight excluding hydrogens is 342 g/mol. The van der Waals surface area contributed by atoms with Crippen molar-refractivity contribution in [2.24, 2.45) is 0 Å². The summed E-state index contributed by atoms with van der Waals surface area (Å²) < 4.78 is 12.7. The van der Waals surface area contributed by atoms with Crippen LogP contribution in [0.25, 0.3) is 5.69 Å². The number of nitrogens with one attached hydrogen (secondary N) is 1. The van der Waals surface area contributed by atoms with E-state index >= 15 is 0 Å². The number of rotatable bonds is 4. The first-order chi connectivity index (χ1) is 13.1. The predicted molar refractivity (Wildman–Crippen MR) is 103 cm³/mol. The van der Waals surface area contributed by atoms with Crippen LogP contribution in [0, 0.1) is 6.92 Å². The Bertz CT molecular complexity index is 992. The molecule has 1 aliphatic heterocycles. The molecule has 4 rings (SSSR count). The summed E-state index contributed by atoms with van der Waals surface area (Å²) in [4.78, 5) is 12.5. The minimum absolute atomic E-state index is 0.0498. The fourth-order valence-corrected chi connectivity index (χ4v) is 3.49. The highest BCUT2D eigenvalue weighted by Gasteiger charge is 2.32. The first kappa shape index (κ1) is 17.1. The maximum Gasteiger partial charge on any atom is 0.226 e. The lowest BCUT2D eigenvalue weighted by atomic mass is 9.86. The number of carbonyl (C=O) groups is 1. The second-order valence-corrected chi connectivity index (χ2v) is 6.61. The normalized spacial score (nSPS) is 15.8.